The van der Waals surface area contributed by atoms with Gasteiger partial charge in [0.1, 0.15) is 9.81 Å². The fraction of sp³-hybridized carbons (Fsp3) is 0.647. The minimum atomic E-state index is -3.57. The first-order chi connectivity index (χ1) is 13.0. The van der Waals surface area contributed by atoms with Crippen LogP contribution in [-0.4, -0.2) is 67.9 Å². The molecule has 1 N–H and O–H groups in total. The molecule has 1 aliphatic rings. The summed E-state index contributed by atoms with van der Waals surface area (Å²) < 4.78 is 32.3. The van der Waals surface area contributed by atoms with E-state index in [-0.39, 0.29) is 29.6 Å². The van der Waals surface area contributed by atoms with Crippen LogP contribution in [-0.2, 0) is 19.6 Å². The van der Waals surface area contributed by atoms with E-state index in [0.717, 1.165) is 11.3 Å². The number of hydrogen-bond donors (Lipinski definition) is 1. The van der Waals surface area contributed by atoms with Gasteiger partial charge in [-0.3, -0.25) is 4.79 Å². The van der Waals surface area contributed by atoms with E-state index in [4.69, 9.17) is 16.3 Å². The van der Waals surface area contributed by atoms with Crippen molar-refractivity contribution < 1.29 is 22.7 Å². The van der Waals surface area contributed by atoms with Crippen molar-refractivity contribution in [2.45, 2.75) is 43.4 Å². The van der Waals surface area contributed by atoms with Gasteiger partial charge in [-0.15, -0.1) is 11.3 Å². The Morgan fingerprint density at radius 2 is 1.86 bits per heavy atom. The zero-order valence-electron chi connectivity index (χ0n) is 16.2. The highest BCUT2D eigenvalue weighted by Crippen LogP contribution is 2.28. The SMILES string of the molecule is CC(C)(C)OC(=O)NCCCC(=O)N1CCN(S(=O)(=O)c2ccc(Cl)s2)CC1. The number of ether oxygens (including phenoxy) is 1. The van der Waals surface area contributed by atoms with E-state index in [1.165, 1.54) is 10.4 Å². The van der Waals surface area contributed by atoms with Crippen molar-refractivity contribution >= 4 is 45.0 Å². The quantitative estimate of drug-likeness (QED) is 0.670. The van der Waals surface area contributed by atoms with Crippen LogP contribution in [0.15, 0.2) is 16.3 Å². The second-order valence-electron chi connectivity index (χ2n) is 7.38. The molecule has 1 saturated heterocycles. The van der Waals surface area contributed by atoms with Gasteiger partial charge in [0.2, 0.25) is 5.91 Å². The van der Waals surface area contributed by atoms with Crippen LogP contribution in [0.2, 0.25) is 4.34 Å². The molecular weight excluding hydrogens is 426 g/mol. The van der Waals surface area contributed by atoms with Gasteiger partial charge in [-0.2, -0.15) is 4.31 Å². The summed E-state index contributed by atoms with van der Waals surface area (Å²) in [5, 5.41) is 2.62. The molecule has 0 atom stereocenters. The molecule has 158 valence electrons. The summed E-state index contributed by atoms with van der Waals surface area (Å²) in [6.45, 7) is 6.87. The van der Waals surface area contributed by atoms with Gasteiger partial charge in [-0.1, -0.05) is 11.6 Å². The molecule has 8 nitrogen and oxygen atoms in total. The number of nitrogens with zero attached hydrogens (tertiary/aromatic N) is 2. The van der Waals surface area contributed by atoms with Crippen molar-refractivity contribution in [3.8, 4) is 0 Å². The Morgan fingerprint density at radius 1 is 1.21 bits per heavy atom. The van der Waals surface area contributed by atoms with Gasteiger partial charge in [-0.05, 0) is 39.3 Å². The number of nitrogens with one attached hydrogen (secondary N) is 1. The highest BCUT2D eigenvalue weighted by Gasteiger charge is 2.31. The lowest BCUT2D eigenvalue weighted by Crippen LogP contribution is -2.50. The number of rotatable bonds is 6. The standard InChI is InChI=1S/C17H26ClN3O5S2/c1-17(2,3)26-16(23)19-8-4-5-14(22)20-9-11-21(12-10-20)28(24,25)15-7-6-13(18)27-15/h6-7H,4-5,8-12H2,1-3H3,(H,19,23). The number of carbonyl (C=O) groups is 2. The van der Waals surface area contributed by atoms with Gasteiger partial charge in [0.15, 0.2) is 0 Å². The topological polar surface area (TPSA) is 96.0 Å². The van der Waals surface area contributed by atoms with Crippen LogP contribution in [0.3, 0.4) is 0 Å². The molecule has 1 aromatic heterocycles. The zero-order valence-corrected chi connectivity index (χ0v) is 18.6. The smallest absolute Gasteiger partial charge is 0.407 e. The largest absolute Gasteiger partial charge is 0.444 e. The van der Waals surface area contributed by atoms with Crippen molar-refractivity contribution in [3.63, 3.8) is 0 Å². The van der Waals surface area contributed by atoms with Gasteiger partial charge in [0.05, 0.1) is 4.34 Å². The summed E-state index contributed by atoms with van der Waals surface area (Å²) in [4.78, 5) is 25.5. The lowest BCUT2D eigenvalue weighted by atomic mass is 10.2. The predicted molar refractivity (Wildman–Crippen MR) is 108 cm³/mol. The van der Waals surface area contributed by atoms with Crippen LogP contribution in [0.25, 0.3) is 0 Å². The van der Waals surface area contributed by atoms with Crippen molar-refractivity contribution in [1.29, 1.82) is 0 Å². The maximum absolute atomic E-state index is 12.6. The number of thiophene rings is 1. The molecule has 1 aliphatic heterocycles. The highest BCUT2D eigenvalue weighted by molar-refractivity contribution is 7.91. The Labute approximate surface area is 174 Å². The summed E-state index contributed by atoms with van der Waals surface area (Å²) in [7, 11) is -3.57. The van der Waals surface area contributed by atoms with Crippen molar-refractivity contribution in [2.75, 3.05) is 32.7 Å². The molecule has 1 fully saturated rings. The summed E-state index contributed by atoms with van der Waals surface area (Å²) >= 11 is 6.86. The number of alkyl carbamates (subject to hydrolysis) is 1. The molecule has 0 aromatic carbocycles. The molecule has 2 rings (SSSR count). The molecule has 28 heavy (non-hydrogen) atoms. The lowest BCUT2D eigenvalue weighted by molar-refractivity contribution is -0.132. The number of sulfonamides is 1. The third-order valence-corrected chi connectivity index (χ3v) is 7.57. The molecule has 11 heteroatoms. The molecule has 0 aliphatic carbocycles. The van der Waals surface area contributed by atoms with Crippen LogP contribution in [0.5, 0.6) is 0 Å². The molecule has 0 bridgehead atoms. The lowest BCUT2D eigenvalue weighted by Gasteiger charge is -2.33. The number of hydrogen-bond acceptors (Lipinski definition) is 6. The average Bonchev–Trinajstić information content (AvgIpc) is 3.04. The molecule has 1 aromatic rings. The number of halogens is 1. The van der Waals surface area contributed by atoms with E-state index in [1.54, 1.807) is 31.7 Å². The van der Waals surface area contributed by atoms with E-state index in [1.807, 2.05) is 0 Å². The van der Waals surface area contributed by atoms with E-state index >= 15 is 0 Å². The summed E-state index contributed by atoms with van der Waals surface area (Å²) in [5.74, 6) is -0.0535. The summed E-state index contributed by atoms with van der Waals surface area (Å²) in [6.07, 6.45) is 0.264. The molecule has 2 amide bonds. The third kappa shape index (κ3) is 6.61. The van der Waals surface area contributed by atoms with Crippen LogP contribution in [0.1, 0.15) is 33.6 Å². The number of carbonyl (C=O) groups excluding carboxylic acids is 2. The maximum Gasteiger partial charge on any atom is 0.407 e. The minimum absolute atomic E-state index is 0.0535. The van der Waals surface area contributed by atoms with Crippen molar-refractivity contribution in [1.82, 2.24) is 14.5 Å². The first-order valence-electron chi connectivity index (χ1n) is 8.99. The van der Waals surface area contributed by atoms with Gasteiger partial charge in [0.25, 0.3) is 10.0 Å². The molecule has 0 spiro atoms. The minimum Gasteiger partial charge on any atom is -0.444 e. The van der Waals surface area contributed by atoms with Crippen LogP contribution < -0.4 is 5.32 Å². The predicted octanol–water partition coefficient (Wildman–Crippen LogP) is 2.54. The molecule has 2 heterocycles. The van der Waals surface area contributed by atoms with Crippen LogP contribution in [0, 0.1) is 0 Å². The molecular formula is C17H26ClN3O5S2. The molecule has 0 saturated carbocycles. The van der Waals surface area contributed by atoms with E-state index < -0.39 is 21.7 Å². The Kier molecular flexibility index (Phi) is 7.72. The van der Waals surface area contributed by atoms with E-state index in [0.29, 0.717) is 30.4 Å². The van der Waals surface area contributed by atoms with Crippen LogP contribution in [0.4, 0.5) is 4.79 Å². The van der Waals surface area contributed by atoms with Crippen LogP contribution >= 0.6 is 22.9 Å². The van der Waals surface area contributed by atoms with Gasteiger partial charge >= 0.3 is 6.09 Å². The fourth-order valence-electron chi connectivity index (χ4n) is 2.64. The number of amides is 2. The maximum atomic E-state index is 12.6. The van der Waals surface area contributed by atoms with Crippen molar-refractivity contribution in [3.05, 3.63) is 16.5 Å². The zero-order chi connectivity index (χ0) is 20.9. The molecule has 0 radical (unpaired) electrons. The van der Waals surface area contributed by atoms with Gasteiger partial charge in [0, 0.05) is 39.1 Å². The monoisotopic (exact) mass is 451 g/mol. The first kappa shape index (κ1) is 22.9. The Morgan fingerprint density at radius 3 is 2.39 bits per heavy atom. The van der Waals surface area contributed by atoms with E-state index in [2.05, 4.69) is 5.32 Å². The highest BCUT2D eigenvalue weighted by atomic mass is 35.5. The molecule has 0 unspecified atom stereocenters. The first-order valence-corrected chi connectivity index (χ1v) is 11.6. The van der Waals surface area contributed by atoms with Gasteiger partial charge < -0.3 is 15.0 Å². The fourth-order valence-corrected chi connectivity index (χ4v) is 5.70. The van der Waals surface area contributed by atoms with Gasteiger partial charge in [-0.25, -0.2) is 13.2 Å². The second kappa shape index (κ2) is 9.43. The van der Waals surface area contributed by atoms with Crippen molar-refractivity contribution in [2.24, 2.45) is 0 Å². The summed E-state index contributed by atoms with van der Waals surface area (Å²) in [6, 6.07) is 3.06. The Bertz CT molecular complexity index is 796. The Hall–Kier alpha value is -1.36. The van der Waals surface area contributed by atoms with E-state index in [9.17, 15) is 18.0 Å². The Balaban J connectivity index is 1.73. The normalized spacial score (nSPS) is 16.1. The average molecular weight is 452 g/mol. The summed E-state index contributed by atoms with van der Waals surface area (Å²) in [5.41, 5.74) is -0.561. The third-order valence-electron chi connectivity index (χ3n) is 3.97. The number of piperazine rings is 1. The second-order valence-corrected chi connectivity index (χ2v) is 11.3.